The Morgan fingerprint density at radius 1 is 1.06 bits per heavy atom. The van der Waals surface area contributed by atoms with Crippen molar-refractivity contribution >= 4 is 18.0 Å². The van der Waals surface area contributed by atoms with Crippen molar-refractivity contribution in [2.24, 2.45) is 0 Å². The summed E-state index contributed by atoms with van der Waals surface area (Å²) >= 11 is 0. The molecule has 0 radical (unpaired) electrons. The predicted octanol–water partition coefficient (Wildman–Crippen LogP) is -3.17. The van der Waals surface area contributed by atoms with Gasteiger partial charge in [-0.15, -0.1) is 0 Å². The molecule has 0 aromatic heterocycles. The summed E-state index contributed by atoms with van der Waals surface area (Å²) in [7, 11) is 0. The summed E-state index contributed by atoms with van der Waals surface area (Å²) in [6, 6.07) is 3.79. The average Bonchev–Trinajstić information content (AvgIpc) is 2.82. The van der Waals surface area contributed by atoms with Gasteiger partial charge in [-0.1, -0.05) is 6.07 Å². The van der Waals surface area contributed by atoms with E-state index in [1.807, 2.05) is 0 Å². The lowest BCUT2D eigenvalue weighted by molar-refractivity contribution is -0.277. The molecule has 1 aromatic carbocycles. The van der Waals surface area contributed by atoms with Gasteiger partial charge in [-0.3, -0.25) is 0 Å². The molecule has 1 aliphatic heterocycles. The molecule has 0 unspecified atom stereocenters. The predicted molar refractivity (Wildman–Crippen MR) is 115 cm³/mol. The van der Waals surface area contributed by atoms with Crippen LogP contribution in [-0.2, 0) is 19.1 Å². The van der Waals surface area contributed by atoms with Crippen LogP contribution in [-0.4, -0.2) is 119 Å². The van der Waals surface area contributed by atoms with Gasteiger partial charge >= 0.3 is 11.9 Å². The molecular weight excluding hydrogens is 488 g/mol. The Kier molecular flexibility index (Phi) is 8.53. The van der Waals surface area contributed by atoms with E-state index in [-0.39, 0.29) is 11.3 Å². The Labute approximate surface area is 203 Å². The molecule has 200 valence electrons. The van der Waals surface area contributed by atoms with Crippen molar-refractivity contribution in [3.63, 3.8) is 0 Å². The van der Waals surface area contributed by atoms with Gasteiger partial charge in [0.2, 0.25) is 6.29 Å². The van der Waals surface area contributed by atoms with Gasteiger partial charge in [0.15, 0.2) is 23.2 Å². The van der Waals surface area contributed by atoms with Gasteiger partial charge < -0.3 is 60.2 Å². The standard InChI is InChI=1S/C22H28O14/c23-8-14-16(28)17(29)18(30)20(35-14)34-13-5-9(1-3-10(13)24)2-4-15(27)36-19-11(25)6-22(33,21(31)32)7-12(19)26/h1-5,11-12,14,16-20,23-26,28-30,33H,6-8H2,(H,31,32)/b4-2+/t11-,12-,14-,16-,17+,18-,19?,20-,22?/m1/s1. The molecular formula is C22H28O14. The minimum Gasteiger partial charge on any atom is -0.504 e. The summed E-state index contributed by atoms with van der Waals surface area (Å²) in [6.07, 6.45) is -11.7. The Balaban J connectivity index is 1.66. The van der Waals surface area contributed by atoms with Crippen LogP contribution in [0.4, 0.5) is 0 Å². The van der Waals surface area contributed by atoms with Gasteiger partial charge in [0.1, 0.15) is 24.4 Å². The van der Waals surface area contributed by atoms with E-state index >= 15 is 0 Å². The number of carboxylic acid groups (broad SMARTS) is 1. The fourth-order valence-corrected chi connectivity index (χ4v) is 3.95. The first kappa shape index (κ1) is 27.8. The molecule has 9 N–H and O–H groups in total. The molecule has 2 aliphatic rings. The third kappa shape index (κ3) is 5.93. The molecule has 0 bridgehead atoms. The molecule has 14 heteroatoms. The number of phenolic OH excluding ortho intramolecular Hbond substituents is 1. The van der Waals surface area contributed by atoms with Crippen molar-refractivity contribution in [1.29, 1.82) is 0 Å². The van der Waals surface area contributed by atoms with Gasteiger partial charge in [-0.25, -0.2) is 9.59 Å². The number of benzene rings is 1. The minimum absolute atomic E-state index is 0.235. The number of aliphatic hydroxyl groups excluding tert-OH is 6. The monoisotopic (exact) mass is 516 g/mol. The first-order valence-electron chi connectivity index (χ1n) is 10.9. The zero-order valence-electron chi connectivity index (χ0n) is 18.7. The van der Waals surface area contributed by atoms with E-state index in [0.717, 1.165) is 6.08 Å². The van der Waals surface area contributed by atoms with Crippen molar-refractivity contribution in [2.45, 2.75) is 67.5 Å². The van der Waals surface area contributed by atoms with Crippen molar-refractivity contribution < 1.29 is 69.8 Å². The lowest BCUT2D eigenvalue weighted by Gasteiger charge is -2.39. The summed E-state index contributed by atoms with van der Waals surface area (Å²) in [4.78, 5) is 23.3. The molecule has 3 rings (SSSR count). The van der Waals surface area contributed by atoms with Crippen LogP contribution < -0.4 is 4.74 Å². The average molecular weight is 516 g/mol. The van der Waals surface area contributed by atoms with E-state index < -0.39 is 91.8 Å². The maximum absolute atomic E-state index is 12.2. The second-order valence-electron chi connectivity index (χ2n) is 8.66. The molecule has 1 aliphatic carbocycles. The highest BCUT2D eigenvalue weighted by Gasteiger charge is 2.50. The van der Waals surface area contributed by atoms with Gasteiger partial charge in [0, 0.05) is 18.9 Å². The number of hydrogen-bond acceptors (Lipinski definition) is 13. The molecule has 1 saturated heterocycles. The fraction of sp³-hybridized carbons (Fsp3) is 0.545. The van der Waals surface area contributed by atoms with Crippen LogP contribution in [0.25, 0.3) is 6.08 Å². The third-order valence-corrected chi connectivity index (χ3v) is 5.99. The number of aromatic hydroxyl groups is 1. The van der Waals surface area contributed by atoms with Crippen LogP contribution >= 0.6 is 0 Å². The minimum atomic E-state index is -2.36. The molecule has 36 heavy (non-hydrogen) atoms. The van der Waals surface area contributed by atoms with E-state index in [9.17, 15) is 50.4 Å². The molecule has 1 aromatic rings. The summed E-state index contributed by atoms with van der Waals surface area (Å²) in [5.74, 6) is -3.27. The molecule has 1 saturated carbocycles. The SMILES string of the molecule is O=C(/C=C/c1ccc(O)c(O[C@@H]2O[C@H](CO)[C@@H](O)[C@H](O)[C@H]2O)c1)OC1[C@H](O)CC(O)(C(=O)O)C[C@H]1O. The van der Waals surface area contributed by atoms with E-state index in [1.165, 1.54) is 24.3 Å². The number of esters is 1. The summed E-state index contributed by atoms with van der Waals surface area (Å²) in [5, 5.41) is 88.3. The lowest BCUT2D eigenvalue weighted by Crippen LogP contribution is -2.60. The number of ether oxygens (including phenoxy) is 3. The molecule has 7 atom stereocenters. The number of aliphatic hydroxyl groups is 7. The first-order valence-corrected chi connectivity index (χ1v) is 10.9. The van der Waals surface area contributed by atoms with Gasteiger partial charge in [0.25, 0.3) is 0 Å². The summed E-state index contributed by atoms with van der Waals surface area (Å²) in [6.45, 7) is -0.679. The van der Waals surface area contributed by atoms with Crippen LogP contribution in [0.3, 0.4) is 0 Å². The smallest absolute Gasteiger partial charge is 0.335 e. The normalized spacial score (nSPS) is 37.0. The number of phenols is 1. The topological polar surface area (TPSA) is 244 Å². The summed E-state index contributed by atoms with van der Waals surface area (Å²) < 4.78 is 15.6. The van der Waals surface area contributed by atoms with E-state index in [4.69, 9.17) is 19.3 Å². The zero-order valence-corrected chi connectivity index (χ0v) is 18.7. The number of hydrogen-bond donors (Lipinski definition) is 9. The van der Waals surface area contributed by atoms with Crippen molar-refractivity contribution in [3.05, 3.63) is 29.8 Å². The second kappa shape index (κ2) is 11.1. The molecule has 14 nitrogen and oxygen atoms in total. The Morgan fingerprint density at radius 3 is 2.28 bits per heavy atom. The highest BCUT2D eigenvalue weighted by atomic mass is 16.7. The molecule has 0 amide bonds. The second-order valence-corrected chi connectivity index (χ2v) is 8.66. The number of carbonyl (C=O) groups excluding carboxylic acids is 1. The quantitative estimate of drug-likeness (QED) is 0.128. The largest absolute Gasteiger partial charge is 0.504 e. The Morgan fingerprint density at radius 2 is 1.69 bits per heavy atom. The molecule has 1 heterocycles. The Bertz CT molecular complexity index is 965. The van der Waals surface area contributed by atoms with Gasteiger partial charge in [-0.05, 0) is 23.8 Å². The van der Waals surface area contributed by atoms with Crippen LogP contribution in [0.5, 0.6) is 11.5 Å². The van der Waals surface area contributed by atoms with E-state index in [1.54, 1.807) is 0 Å². The number of rotatable bonds is 7. The van der Waals surface area contributed by atoms with Crippen LogP contribution in [0.1, 0.15) is 18.4 Å². The number of aliphatic carboxylic acids is 1. The van der Waals surface area contributed by atoms with Crippen molar-refractivity contribution in [3.8, 4) is 11.5 Å². The van der Waals surface area contributed by atoms with Crippen LogP contribution in [0.2, 0.25) is 0 Å². The van der Waals surface area contributed by atoms with Crippen LogP contribution in [0.15, 0.2) is 24.3 Å². The molecule has 0 spiro atoms. The Hall–Kier alpha value is -2.82. The number of carboxylic acids is 1. The maximum atomic E-state index is 12.2. The molecule has 2 fully saturated rings. The highest BCUT2D eigenvalue weighted by Crippen LogP contribution is 2.33. The van der Waals surface area contributed by atoms with Crippen molar-refractivity contribution in [2.75, 3.05) is 6.61 Å². The fourth-order valence-electron chi connectivity index (χ4n) is 3.95. The summed E-state index contributed by atoms with van der Waals surface area (Å²) in [5.41, 5.74) is -2.09. The highest BCUT2D eigenvalue weighted by molar-refractivity contribution is 5.87. The van der Waals surface area contributed by atoms with E-state index in [0.29, 0.717) is 0 Å². The van der Waals surface area contributed by atoms with Crippen molar-refractivity contribution in [1.82, 2.24) is 0 Å². The van der Waals surface area contributed by atoms with Gasteiger partial charge in [0.05, 0.1) is 18.8 Å². The number of carbonyl (C=O) groups is 2. The van der Waals surface area contributed by atoms with E-state index in [2.05, 4.69) is 0 Å². The first-order chi connectivity index (χ1) is 16.9. The maximum Gasteiger partial charge on any atom is 0.335 e. The van der Waals surface area contributed by atoms with Crippen LogP contribution in [0, 0.1) is 0 Å². The lowest BCUT2D eigenvalue weighted by atomic mass is 9.79. The third-order valence-electron chi connectivity index (χ3n) is 5.99. The van der Waals surface area contributed by atoms with Gasteiger partial charge in [-0.2, -0.15) is 0 Å². The zero-order chi connectivity index (χ0) is 26.8.